The normalized spacial score (nSPS) is 12.1. The van der Waals surface area contributed by atoms with Gasteiger partial charge in [0.25, 0.3) is 5.91 Å². The van der Waals surface area contributed by atoms with Gasteiger partial charge >= 0.3 is 0 Å². The maximum absolute atomic E-state index is 11.9. The Bertz CT molecular complexity index is 409. The summed E-state index contributed by atoms with van der Waals surface area (Å²) in [6.07, 6.45) is 0.227. The summed E-state index contributed by atoms with van der Waals surface area (Å²) in [5.41, 5.74) is 6.94. The fraction of sp³-hybridized carbons (Fsp3) is 0.533. The Labute approximate surface area is 125 Å². The molecule has 1 aromatic rings. The number of carbonyl (C=O) groups is 1. The maximum atomic E-state index is 11.9. The van der Waals surface area contributed by atoms with Gasteiger partial charge in [0.2, 0.25) is 0 Å². The Balaban J connectivity index is 2.15. The lowest BCUT2D eigenvalue weighted by atomic mass is 10.2. The van der Waals surface area contributed by atoms with E-state index in [1.165, 1.54) is 0 Å². The molecule has 0 aromatic heterocycles. The number of hydrogen-bond acceptors (Lipinski definition) is 5. The molecule has 0 bridgehead atoms. The summed E-state index contributed by atoms with van der Waals surface area (Å²) < 4.78 is 15.6. The zero-order valence-electron chi connectivity index (χ0n) is 12.6. The molecule has 0 aliphatic carbocycles. The van der Waals surface area contributed by atoms with Crippen LogP contribution in [0.4, 0.5) is 11.4 Å². The zero-order chi connectivity index (χ0) is 15.5. The second-order valence-corrected chi connectivity index (χ2v) is 4.58. The van der Waals surface area contributed by atoms with Gasteiger partial charge in [0, 0.05) is 31.7 Å². The molecule has 0 saturated carbocycles. The van der Waals surface area contributed by atoms with Crippen LogP contribution in [0.25, 0.3) is 0 Å². The Morgan fingerprint density at radius 3 is 2.57 bits per heavy atom. The molecule has 1 unspecified atom stereocenters. The monoisotopic (exact) mass is 296 g/mol. The van der Waals surface area contributed by atoms with Gasteiger partial charge in [0.1, 0.15) is 6.10 Å². The number of hydrogen-bond donors (Lipinski definition) is 2. The third kappa shape index (κ3) is 7.65. The van der Waals surface area contributed by atoms with Crippen LogP contribution in [0.2, 0.25) is 0 Å². The molecule has 1 atom stereocenters. The lowest BCUT2D eigenvalue weighted by Gasteiger charge is -2.13. The highest BCUT2D eigenvalue weighted by atomic mass is 16.5. The number of benzene rings is 1. The van der Waals surface area contributed by atoms with E-state index in [1.54, 1.807) is 38.3 Å². The molecule has 0 aliphatic heterocycles. The van der Waals surface area contributed by atoms with Crippen molar-refractivity contribution >= 4 is 17.3 Å². The lowest BCUT2D eigenvalue weighted by Crippen LogP contribution is -2.28. The van der Waals surface area contributed by atoms with Gasteiger partial charge < -0.3 is 25.3 Å². The molecular formula is C15H24N2O4. The van der Waals surface area contributed by atoms with E-state index in [9.17, 15) is 4.79 Å². The number of carbonyl (C=O) groups excluding carboxylic acids is 1. The number of nitrogen functional groups attached to an aromatic ring is 1. The van der Waals surface area contributed by atoms with Gasteiger partial charge in [0.05, 0.1) is 13.2 Å². The highest BCUT2D eigenvalue weighted by Gasteiger charge is 2.13. The first-order chi connectivity index (χ1) is 10.1. The SMILES string of the molecule is COCCOCCCOC(C)C(=O)Nc1ccc(N)cc1. The van der Waals surface area contributed by atoms with Crippen molar-refractivity contribution in [2.45, 2.75) is 19.4 Å². The average Bonchev–Trinajstić information content (AvgIpc) is 2.48. The Kier molecular flexibility index (Phi) is 8.42. The highest BCUT2D eigenvalue weighted by Crippen LogP contribution is 2.11. The van der Waals surface area contributed by atoms with Crippen LogP contribution in [0, 0.1) is 0 Å². The number of anilines is 2. The molecule has 1 amide bonds. The average molecular weight is 296 g/mol. The van der Waals surface area contributed by atoms with Crippen molar-refractivity contribution in [2.24, 2.45) is 0 Å². The van der Waals surface area contributed by atoms with Gasteiger partial charge in [-0.3, -0.25) is 4.79 Å². The standard InChI is InChI=1S/C15H24N2O4/c1-12(21-9-3-8-20-11-10-19-2)15(18)17-14-6-4-13(16)5-7-14/h4-7,12H,3,8-11,16H2,1-2H3,(H,17,18). The van der Waals surface area contributed by atoms with E-state index in [1.807, 2.05) is 0 Å². The van der Waals surface area contributed by atoms with Gasteiger partial charge in [-0.1, -0.05) is 0 Å². The predicted molar refractivity (Wildman–Crippen MR) is 82.2 cm³/mol. The molecule has 0 heterocycles. The topological polar surface area (TPSA) is 82.8 Å². The van der Waals surface area contributed by atoms with Gasteiger partial charge in [0.15, 0.2) is 0 Å². The molecule has 118 valence electrons. The number of methoxy groups -OCH3 is 1. The van der Waals surface area contributed by atoms with Crippen LogP contribution in [-0.2, 0) is 19.0 Å². The molecule has 0 radical (unpaired) electrons. The minimum Gasteiger partial charge on any atom is -0.399 e. The van der Waals surface area contributed by atoms with Crippen molar-refractivity contribution in [3.63, 3.8) is 0 Å². The molecule has 6 heteroatoms. The zero-order valence-corrected chi connectivity index (χ0v) is 12.6. The summed E-state index contributed by atoms with van der Waals surface area (Å²) in [6, 6.07) is 6.98. The summed E-state index contributed by atoms with van der Waals surface area (Å²) in [5.74, 6) is -0.180. The van der Waals surface area contributed by atoms with Crippen molar-refractivity contribution in [3.05, 3.63) is 24.3 Å². The minimum absolute atomic E-state index is 0.180. The second kappa shape index (κ2) is 10.1. The molecule has 0 fully saturated rings. The van der Waals surface area contributed by atoms with Gasteiger partial charge in [-0.2, -0.15) is 0 Å². The Morgan fingerprint density at radius 2 is 1.90 bits per heavy atom. The Morgan fingerprint density at radius 1 is 1.19 bits per heavy atom. The van der Waals surface area contributed by atoms with E-state index in [0.717, 1.165) is 6.42 Å². The van der Waals surface area contributed by atoms with Gasteiger partial charge in [-0.15, -0.1) is 0 Å². The lowest BCUT2D eigenvalue weighted by molar-refractivity contribution is -0.126. The minimum atomic E-state index is -0.512. The quantitative estimate of drug-likeness (QED) is 0.507. The molecule has 3 N–H and O–H groups in total. The fourth-order valence-electron chi connectivity index (χ4n) is 1.55. The molecule has 1 rings (SSSR count). The molecule has 6 nitrogen and oxygen atoms in total. The number of nitrogens with two attached hydrogens (primary N) is 1. The highest BCUT2D eigenvalue weighted by molar-refractivity contribution is 5.93. The molecule has 0 aliphatic rings. The first kappa shape index (κ1) is 17.4. The summed E-state index contributed by atoms with van der Waals surface area (Å²) in [6.45, 7) is 3.95. The van der Waals surface area contributed by atoms with Gasteiger partial charge in [-0.25, -0.2) is 0 Å². The van der Waals surface area contributed by atoms with E-state index >= 15 is 0 Å². The second-order valence-electron chi connectivity index (χ2n) is 4.58. The number of amides is 1. The van der Waals surface area contributed by atoms with Crippen LogP contribution in [0.3, 0.4) is 0 Å². The van der Waals surface area contributed by atoms with E-state index in [4.69, 9.17) is 19.9 Å². The summed E-state index contributed by atoms with van der Waals surface area (Å²) in [4.78, 5) is 11.9. The van der Waals surface area contributed by atoms with Gasteiger partial charge in [-0.05, 0) is 37.6 Å². The molecule has 21 heavy (non-hydrogen) atoms. The first-order valence-corrected chi connectivity index (χ1v) is 6.98. The summed E-state index contributed by atoms with van der Waals surface area (Å²) in [5, 5.41) is 2.77. The van der Waals surface area contributed by atoms with E-state index in [2.05, 4.69) is 5.32 Å². The third-order valence-electron chi connectivity index (χ3n) is 2.78. The van der Waals surface area contributed by atoms with E-state index < -0.39 is 6.10 Å². The van der Waals surface area contributed by atoms with Crippen molar-refractivity contribution in [3.8, 4) is 0 Å². The maximum Gasteiger partial charge on any atom is 0.253 e. The first-order valence-electron chi connectivity index (χ1n) is 6.98. The molecular weight excluding hydrogens is 272 g/mol. The number of nitrogens with one attached hydrogen (secondary N) is 1. The summed E-state index contributed by atoms with van der Waals surface area (Å²) >= 11 is 0. The van der Waals surface area contributed by atoms with Crippen LogP contribution in [0.5, 0.6) is 0 Å². The molecule has 0 spiro atoms. The third-order valence-corrected chi connectivity index (χ3v) is 2.78. The number of ether oxygens (including phenoxy) is 3. The van der Waals surface area contributed by atoms with E-state index in [0.29, 0.717) is 37.8 Å². The van der Waals surface area contributed by atoms with Crippen LogP contribution in [0.1, 0.15) is 13.3 Å². The van der Waals surface area contributed by atoms with Crippen LogP contribution in [-0.4, -0.2) is 45.5 Å². The predicted octanol–water partition coefficient (Wildman–Crippen LogP) is 1.67. The number of rotatable bonds is 10. The summed E-state index contributed by atoms with van der Waals surface area (Å²) in [7, 11) is 1.63. The molecule has 1 aromatic carbocycles. The largest absolute Gasteiger partial charge is 0.399 e. The van der Waals surface area contributed by atoms with Crippen molar-refractivity contribution in [1.82, 2.24) is 0 Å². The fourth-order valence-corrected chi connectivity index (χ4v) is 1.55. The van der Waals surface area contributed by atoms with Crippen molar-refractivity contribution in [2.75, 3.05) is 44.6 Å². The molecule has 0 saturated heterocycles. The Hall–Kier alpha value is -1.63. The van der Waals surface area contributed by atoms with Crippen LogP contribution >= 0.6 is 0 Å². The van der Waals surface area contributed by atoms with Crippen molar-refractivity contribution in [1.29, 1.82) is 0 Å². The smallest absolute Gasteiger partial charge is 0.253 e. The van der Waals surface area contributed by atoms with Crippen LogP contribution < -0.4 is 11.1 Å². The van der Waals surface area contributed by atoms with Crippen molar-refractivity contribution < 1.29 is 19.0 Å². The van der Waals surface area contributed by atoms with E-state index in [-0.39, 0.29) is 5.91 Å². The van der Waals surface area contributed by atoms with Crippen LogP contribution in [0.15, 0.2) is 24.3 Å².